The van der Waals surface area contributed by atoms with Crippen LogP contribution in [0.2, 0.25) is 0 Å². The molecule has 1 N–H and O–H groups in total. The fourth-order valence-corrected chi connectivity index (χ4v) is 4.34. The first-order valence-electron chi connectivity index (χ1n) is 8.47. The molecule has 2 atom stereocenters. The highest BCUT2D eigenvalue weighted by atomic mass is 32.1. The first kappa shape index (κ1) is 16.7. The number of ether oxygens (including phenoxy) is 2. The Morgan fingerprint density at radius 1 is 1.40 bits per heavy atom. The lowest BCUT2D eigenvalue weighted by molar-refractivity contribution is -0.389. The van der Waals surface area contributed by atoms with Gasteiger partial charge in [0.25, 0.3) is 4.96 Å². The summed E-state index contributed by atoms with van der Waals surface area (Å²) in [4.78, 5) is 18.5. The molecule has 25 heavy (non-hydrogen) atoms. The number of fused-ring (bicyclic) bond motifs is 1. The number of hydrogen-bond donors (Lipinski definition) is 1. The molecule has 4 heterocycles. The predicted molar refractivity (Wildman–Crippen MR) is 93.3 cm³/mol. The quantitative estimate of drug-likeness (QED) is 0.610. The summed E-state index contributed by atoms with van der Waals surface area (Å²) in [5, 5.41) is 16.5. The minimum atomic E-state index is -0.378. The Bertz CT molecular complexity index is 735. The van der Waals surface area contributed by atoms with Crippen LogP contribution in [-0.2, 0) is 9.47 Å². The van der Waals surface area contributed by atoms with Crippen LogP contribution in [0.25, 0.3) is 4.96 Å². The van der Waals surface area contributed by atoms with Gasteiger partial charge in [-0.25, -0.2) is 0 Å². The highest BCUT2D eigenvalue weighted by Crippen LogP contribution is 2.29. The lowest BCUT2D eigenvalue weighted by Gasteiger charge is -2.37. The number of hydrogen-bond acceptors (Lipinski definition) is 8. The van der Waals surface area contributed by atoms with E-state index in [2.05, 4.69) is 15.2 Å². The summed E-state index contributed by atoms with van der Waals surface area (Å²) in [5.74, 6) is 0.766. The molecule has 0 unspecified atom stereocenters. The molecule has 2 aromatic heterocycles. The smallest absolute Gasteiger partial charge is 0.372 e. The van der Waals surface area contributed by atoms with Gasteiger partial charge in [0.05, 0.1) is 19.8 Å². The van der Waals surface area contributed by atoms with E-state index in [0.29, 0.717) is 23.2 Å². The van der Waals surface area contributed by atoms with Gasteiger partial charge < -0.3 is 24.9 Å². The first-order chi connectivity index (χ1) is 12.2. The van der Waals surface area contributed by atoms with Crippen molar-refractivity contribution in [2.45, 2.75) is 12.5 Å². The summed E-state index contributed by atoms with van der Waals surface area (Å²) in [6, 6.07) is 0.255. The Morgan fingerprint density at radius 3 is 2.96 bits per heavy atom. The number of thiazole rings is 1. The maximum Gasteiger partial charge on any atom is 0.372 e. The normalized spacial score (nSPS) is 23.1. The zero-order chi connectivity index (χ0) is 17.2. The van der Waals surface area contributed by atoms with Crippen molar-refractivity contribution in [2.24, 2.45) is 5.92 Å². The van der Waals surface area contributed by atoms with Gasteiger partial charge in [-0.2, -0.15) is 9.38 Å². The molecule has 2 saturated heterocycles. The molecule has 0 bridgehead atoms. The van der Waals surface area contributed by atoms with E-state index < -0.39 is 0 Å². The van der Waals surface area contributed by atoms with Gasteiger partial charge in [-0.1, -0.05) is 11.3 Å². The van der Waals surface area contributed by atoms with Crippen LogP contribution in [0.15, 0.2) is 11.6 Å². The molecular formula is C15H21N5O4S. The molecule has 0 amide bonds. The molecule has 2 aromatic rings. The van der Waals surface area contributed by atoms with Crippen molar-refractivity contribution >= 4 is 27.9 Å². The molecule has 0 radical (unpaired) electrons. The maximum absolute atomic E-state index is 11.5. The zero-order valence-electron chi connectivity index (χ0n) is 13.8. The average Bonchev–Trinajstić information content (AvgIpc) is 3.32. The number of aromatic nitrogens is 2. The van der Waals surface area contributed by atoms with Crippen molar-refractivity contribution < 1.29 is 14.4 Å². The minimum absolute atomic E-state index is 0.000325. The molecule has 9 nitrogen and oxygen atoms in total. The Balaban J connectivity index is 1.53. The Kier molecular flexibility index (Phi) is 4.84. The van der Waals surface area contributed by atoms with Crippen molar-refractivity contribution in [3.05, 3.63) is 21.7 Å². The van der Waals surface area contributed by atoms with Gasteiger partial charge in [-0.15, -0.1) is 0 Å². The van der Waals surface area contributed by atoms with E-state index in [1.165, 1.54) is 15.7 Å². The zero-order valence-corrected chi connectivity index (χ0v) is 14.6. The van der Waals surface area contributed by atoms with Crippen molar-refractivity contribution in [2.75, 3.05) is 51.4 Å². The summed E-state index contributed by atoms with van der Waals surface area (Å²) >= 11 is 1.39. The third kappa shape index (κ3) is 3.34. The van der Waals surface area contributed by atoms with Crippen LogP contribution >= 0.6 is 11.3 Å². The van der Waals surface area contributed by atoms with Crippen LogP contribution in [0.4, 0.5) is 11.6 Å². The molecule has 136 valence electrons. The van der Waals surface area contributed by atoms with E-state index in [-0.39, 0.29) is 16.8 Å². The van der Waals surface area contributed by atoms with Crippen LogP contribution in [0.1, 0.15) is 6.42 Å². The molecule has 2 aliphatic rings. The van der Waals surface area contributed by atoms with Gasteiger partial charge in [-0.3, -0.25) is 4.90 Å². The number of imidazole rings is 1. The fraction of sp³-hybridized carbons (Fsp3) is 0.667. The Hall–Kier alpha value is -1.75. The summed E-state index contributed by atoms with van der Waals surface area (Å²) < 4.78 is 12.5. The number of rotatable bonds is 6. The monoisotopic (exact) mass is 367 g/mol. The first-order valence-corrected chi connectivity index (χ1v) is 9.35. The Morgan fingerprint density at radius 2 is 2.24 bits per heavy atom. The lowest BCUT2D eigenvalue weighted by Crippen LogP contribution is -2.50. The standard InChI is InChI=1S/C15H21N5O4S/c21-20(22)14-13(17-15-19(14)4-8-25-15)16-9-12(11-1-5-24-10-11)18-2-6-23-7-3-18/h4,8,11-12,16H,1-3,5-7,9-10H2/t11-,12+/m1/s1. The molecule has 4 rings (SSSR count). The third-order valence-electron chi connectivity index (χ3n) is 4.91. The van der Waals surface area contributed by atoms with Crippen LogP contribution < -0.4 is 5.32 Å². The largest absolute Gasteiger partial charge is 0.381 e. The topological polar surface area (TPSA) is 94.2 Å². The molecule has 2 aliphatic heterocycles. The van der Waals surface area contributed by atoms with Crippen LogP contribution in [0, 0.1) is 16.0 Å². The van der Waals surface area contributed by atoms with Gasteiger partial charge in [0.2, 0.25) is 5.82 Å². The van der Waals surface area contributed by atoms with Crippen LogP contribution in [0.5, 0.6) is 0 Å². The number of anilines is 1. The average molecular weight is 367 g/mol. The van der Waals surface area contributed by atoms with Crippen molar-refractivity contribution in [3.63, 3.8) is 0 Å². The second kappa shape index (κ2) is 7.24. The molecule has 0 spiro atoms. The van der Waals surface area contributed by atoms with Crippen molar-refractivity contribution in [3.8, 4) is 0 Å². The minimum Gasteiger partial charge on any atom is -0.381 e. The Labute approximate surface area is 148 Å². The molecule has 10 heteroatoms. The number of nitrogens with one attached hydrogen (secondary N) is 1. The van der Waals surface area contributed by atoms with E-state index >= 15 is 0 Å². The highest BCUT2D eigenvalue weighted by molar-refractivity contribution is 7.15. The van der Waals surface area contributed by atoms with Gasteiger partial charge in [0.1, 0.15) is 6.20 Å². The van der Waals surface area contributed by atoms with Crippen molar-refractivity contribution in [1.82, 2.24) is 14.3 Å². The van der Waals surface area contributed by atoms with E-state index in [4.69, 9.17) is 9.47 Å². The molecule has 0 aromatic carbocycles. The third-order valence-corrected chi connectivity index (χ3v) is 5.67. The van der Waals surface area contributed by atoms with Gasteiger partial charge >= 0.3 is 5.82 Å². The predicted octanol–water partition coefficient (Wildman–Crippen LogP) is 1.45. The van der Waals surface area contributed by atoms with Gasteiger partial charge in [-0.05, 0) is 11.3 Å². The van der Waals surface area contributed by atoms with E-state index in [9.17, 15) is 10.1 Å². The number of nitrogens with zero attached hydrogens (tertiary/aromatic N) is 4. The van der Waals surface area contributed by atoms with Gasteiger partial charge in [0.15, 0.2) is 0 Å². The van der Waals surface area contributed by atoms with Gasteiger partial charge in [0, 0.05) is 43.6 Å². The van der Waals surface area contributed by atoms with E-state index in [1.54, 1.807) is 11.6 Å². The lowest BCUT2D eigenvalue weighted by atomic mass is 9.97. The summed E-state index contributed by atoms with van der Waals surface area (Å²) in [5.41, 5.74) is 0. The van der Waals surface area contributed by atoms with E-state index in [1.807, 2.05) is 0 Å². The van der Waals surface area contributed by atoms with Crippen LogP contribution in [-0.4, -0.2) is 71.3 Å². The van der Waals surface area contributed by atoms with E-state index in [0.717, 1.165) is 45.9 Å². The second-order valence-electron chi connectivity index (χ2n) is 6.32. The molecular weight excluding hydrogens is 346 g/mol. The number of morpholine rings is 1. The van der Waals surface area contributed by atoms with Crippen molar-refractivity contribution in [1.29, 1.82) is 0 Å². The summed E-state index contributed by atoms with van der Waals surface area (Å²) in [6.45, 7) is 5.34. The maximum atomic E-state index is 11.5. The summed E-state index contributed by atoms with van der Waals surface area (Å²) in [7, 11) is 0. The SMILES string of the molecule is O=[N+]([O-])c1c(NC[C@@H]([C@@H]2CCOC2)N2CCOCC2)nc2sccn12. The highest BCUT2D eigenvalue weighted by Gasteiger charge is 2.32. The second-order valence-corrected chi connectivity index (χ2v) is 7.19. The fourth-order valence-electron chi connectivity index (χ4n) is 3.63. The summed E-state index contributed by atoms with van der Waals surface area (Å²) in [6.07, 6.45) is 2.70. The van der Waals surface area contributed by atoms with Crippen LogP contribution in [0.3, 0.4) is 0 Å². The molecule has 0 aliphatic carbocycles. The molecule has 2 fully saturated rings. The number of nitro groups is 1. The molecule has 0 saturated carbocycles.